The van der Waals surface area contributed by atoms with E-state index in [0.717, 1.165) is 0 Å². The van der Waals surface area contributed by atoms with Gasteiger partial charge in [-0.3, -0.25) is 4.57 Å². The van der Waals surface area contributed by atoms with Crippen molar-refractivity contribution in [3.63, 3.8) is 0 Å². The lowest BCUT2D eigenvalue weighted by molar-refractivity contribution is -0.228. The van der Waals surface area contributed by atoms with Gasteiger partial charge in [0.25, 0.3) is 0 Å². The lowest BCUT2D eigenvalue weighted by atomic mass is 9.97. The highest BCUT2D eigenvalue weighted by molar-refractivity contribution is 6.74. The van der Waals surface area contributed by atoms with Gasteiger partial charge in [-0.2, -0.15) is 4.98 Å². The standard InChI is InChI=1S/C15H27N3O3Si/c1-10-11(9-20-22(5,6)15(2,3)4)21-13(10)18-8-7-12(16)17-14(18)19/h7-8,10-11,13H,9H2,1-6H3,(H2,16,17,19)/t10-,11-,13-/m1/s1. The molecule has 1 aliphatic rings. The number of nitrogens with two attached hydrogens (primary N) is 1. The van der Waals surface area contributed by atoms with Crippen LogP contribution in [-0.2, 0) is 9.16 Å². The van der Waals surface area contributed by atoms with Gasteiger partial charge in [-0.05, 0) is 24.2 Å². The van der Waals surface area contributed by atoms with Crippen LogP contribution in [0, 0.1) is 5.92 Å². The predicted molar refractivity (Wildman–Crippen MR) is 89.1 cm³/mol. The molecule has 7 heteroatoms. The highest BCUT2D eigenvalue weighted by Gasteiger charge is 2.44. The molecule has 0 unspecified atom stereocenters. The van der Waals surface area contributed by atoms with E-state index in [9.17, 15) is 4.79 Å². The minimum absolute atomic E-state index is 0.0172. The maximum absolute atomic E-state index is 11.8. The minimum Gasteiger partial charge on any atom is -0.414 e. The van der Waals surface area contributed by atoms with Crippen molar-refractivity contribution < 1.29 is 9.16 Å². The first-order chi connectivity index (χ1) is 10.0. The lowest BCUT2D eigenvalue weighted by Crippen LogP contribution is -2.52. The van der Waals surface area contributed by atoms with Crippen molar-refractivity contribution in [2.45, 2.75) is 58.2 Å². The van der Waals surface area contributed by atoms with Crippen molar-refractivity contribution in [3.05, 3.63) is 22.7 Å². The van der Waals surface area contributed by atoms with Crippen LogP contribution >= 0.6 is 0 Å². The van der Waals surface area contributed by atoms with Crippen LogP contribution in [0.3, 0.4) is 0 Å². The fourth-order valence-electron chi connectivity index (χ4n) is 2.16. The van der Waals surface area contributed by atoms with Crippen molar-refractivity contribution >= 4 is 14.1 Å². The molecule has 0 amide bonds. The first-order valence-corrected chi connectivity index (χ1v) is 10.6. The molecule has 2 heterocycles. The Morgan fingerprint density at radius 3 is 2.59 bits per heavy atom. The van der Waals surface area contributed by atoms with E-state index in [-0.39, 0.29) is 34.8 Å². The summed E-state index contributed by atoms with van der Waals surface area (Å²) >= 11 is 0. The molecule has 1 aromatic heterocycles. The van der Waals surface area contributed by atoms with Gasteiger partial charge in [0.2, 0.25) is 0 Å². The molecule has 0 saturated carbocycles. The van der Waals surface area contributed by atoms with Gasteiger partial charge in [0.1, 0.15) is 12.0 Å². The average Bonchev–Trinajstić information content (AvgIpc) is 2.37. The van der Waals surface area contributed by atoms with Crippen molar-refractivity contribution in [1.29, 1.82) is 0 Å². The fraction of sp³-hybridized carbons (Fsp3) is 0.733. The van der Waals surface area contributed by atoms with E-state index in [2.05, 4.69) is 45.8 Å². The van der Waals surface area contributed by atoms with Crippen molar-refractivity contribution in [2.75, 3.05) is 12.3 Å². The topological polar surface area (TPSA) is 79.4 Å². The Morgan fingerprint density at radius 2 is 2.09 bits per heavy atom. The van der Waals surface area contributed by atoms with Crippen LogP contribution < -0.4 is 11.4 Å². The van der Waals surface area contributed by atoms with E-state index in [1.807, 2.05) is 0 Å². The summed E-state index contributed by atoms with van der Waals surface area (Å²) in [7, 11) is -1.78. The number of rotatable bonds is 4. The molecule has 0 aromatic carbocycles. The van der Waals surface area contributed by atoms with E-state index >= 15 is 0 Å². The van der Waals surface area contributed by atoms with Crippen molar-refractivity contribution in [1.82, 2.24) is 9.55 Å². The molecule has 1 aliphatic heterocycles. The normalized spacial score (nSPS) is 25.8. The minimum atomic E-state index is -1.78. The van der Waals surface area contributed by atoms with Gasteiger partial charge in [-0.1, -0.05) is 27.7 Å². The third-order valence-corrected chi connectivity index (χ3v) is 9.39. The maximum Gasteiger partial charge on any atom is 0.351 e. The third-order valence-electron chi connectivity index (χ3n) is 4.89. The van der Waals surface area contributed by atoms with Gasteiger partial charge in [0.05, 0.1) is 12.7 Å². The first-order valence-electron chi connectivity index (χ1n) is 7.67. The van der Waals surface area contributed by atoms with E-state index in [4.69, 9.17) is 14.9 Å². The Hall–Kier alpha value is -1.18. The molecule has 1 fully saturated rings. The highest BCUT2D eigenvalue weighted by Crippen LogP contribution is 2.40. The van der Waals surface area contributed by atoms with Crippen LogP contribution in [-0.4, -0.2) is 30.6 Å². The van der Waals surface area contributed by atoms with E-state index in [1.165, 1.54) is 4.57 Å². The molecular formula is C15H27N3O3Si. The molecule has 124 valence electrons. The third kappa shape index (κ3) is 3.26. The Bertz CT molecular complexity index is 594. The molecule has 0 spiro atoms. The van der Waals surface area contributed by atoms with Crippen LogP contribution in [0.1, 0.15) is 33.9 Å². The van der Waals surface area contributed by atoms with Crippen LogP contribution in [0.25, 0.3) is 0 Å². The van der Waals surface area contributed by atoms with Gasteiger partial charge < -0.3 is 14.9 Å². The predicted octanol–water partition coefficient (Wildman–Crippen LogP) is 2.38. The molecule has 6 nitrogen and oxygen atoms in total. The smallest absolute Gasteiger partial charge is 0.351 e. The van der Waals surface area contributed by atoms with Gasteiger partial charge in [0, 0.05) is 12.1 Å². The van der Waals surface area contributed by atoms with Gasteiger partial charge in [0.15, 0.2) is 8.32 Å². The summed E-state index contributed by atoms with van der Waals surface area (Å²) in [5.74, 6) is 0.430. The zero-order chi connectivity index (χ0) is 16.7. The number of aromatic nitrogens is 2. The summed E-state index contributed by atoms with van der Waals surface area (Å²) in [6, 6.07) is 1.61. The van der Waals surface area contributed by atoms with Crippen molar-refractivity contribution in [3.8, 4) is 0 Å². The van der Waals surface area contributed by atoms with Gasteiger partial charge >= 0.3 is 5.69 Å². The molecule has 22 heavy (non-hydrogen) atoms. The number of hydrogen-bond acceptors (Lipinski definition) is 5. The Kier molecular flexibility index (Phi) is 4.52. The van der Waals surface area contributed by atoms with Crippen LogP contribution in [0.15, 0.2) is 17.1 Å². The van der Waals surface area contributed by atoms with E-state index in [1.54, 1.807) is 12.3 Å². The van der Waals surface area contributed by atoms with Crippen molar-refractivity contribution in [2.24, 2.45) is 5.92 Å². The molecule has 0 bridgehead atoms. The molecular weight excluding hydrogens is 298 g/mol. The molecule has 0 aliphatic carbocycles. The second-order valence-electron chi connectivity index (χ2n) is 7.54. The van der Waals surface area contributed by atoms with Gasteiger partial charge in [-0.25, -0.2) is 4.79 Å². The molecule has 0 radical (unpaired) electrons. The molecule has 2 N–H and O–H groups in total. The summed E-state index contributed by atoms with van der Waals surface area (Å²) in [5, 5.41) is 0.178. The summed E-state index contributed by atoms with van der Waals surface area (Å²) in [4.78, 5) is 15.6. The van der Waals surface area contributed by atoms with Crippen LogP contribution in [0.2, 0.25) is 18.1 Å². The largest absolute Gasteiger partial charge is 0.414 e. The number of nitrogens with zero attached hydrogens (tertiary/aromatic N) is 2. The number of ether oxygens (including phenoxy) is 1. The SMILES string of the molecule is C[C@H]1[C@H](n2ccc(N)nc2=O)O[C@@H]1CO[Si](C)(C)C(C)(C)C. The summed E-state index contributed by atoms with van der Waals surface area (Å²) in [6.45, 7) is 13.7. The zero-order valence-corrected chi connectivity index (χ0v) is 15.3. The highest BCUT2D eigenvalue weighted by atomic mass is 28.4. The van der Waals surface area contributed by atoms with E-state index in [0.29, 0.717) is 6.61 Å². The fourth-order valence-corrected chi connectivity index (χ4v) is 3.17. The molecule has 2 rings (SSSR count). The van der Waals surface area contributed by atoms with Gasteiger partial charge in [-0.15, -0.1) is 0 Å². The zero-order valence-electron chi connectivity index (χ0n) is 14.3. The maximum atomic E-state index is 11.8. The molecule has 3 atom stereocenters. The van der Waals surface area contributed by atoms with Crippen LogP contribution in [0.5, 0.6) is 0 Å². The lowest BCUT2D eigenvalue weighted by Gasteiger charge is -2.45. The number of anilines is 1. The average molecular weight is 325 g/mol. The number of hydrogen-bond donors (Lipinski definition) is 1. The Balaban J connectivity index is 1.96. The number of nitrogen functional groups attached to an aromatic ring is 1. The molecule has 1 saturated heterocycles. The molecule has 1 aromatic rings. The Labute approximate surface area is 132 Å². The second-order valence-corrected chi connectivity index (χ2v) is 12.3. The van der Waals surface area contributed by atoms with E-state index < -0.39 is 8.32 Å². The second kappa shape index (κ2) is 5.79. The van der Waals surface area contributed by atoms with Crippen LogP contribution in [0.4, 0.5) is 5.82 Å². The summed E-state index contributed by atoms with van der Waals surface area (Å²) in [6.07, 6.45) is 1.37. The summed E-state index contributed by atoms with van der Waals surface area (Å²) in [5.41, 5.74) is 5.13. The Morgan fingerprint density at radius 1 is 1.45 bits per heavy atom. The summed E-state index contributed by atoms with van der Waals surface area (Å²) < 4.78 is 13.5. The first kappa shape index (κ1) is 17.2. The quantitative estimate of drug-likeness (QED) is 0.860. The monoisotopic (exact) mass is 325 g/mol.